The monoisotopic (exact) mass is 404 g/mol. The third-order valence-corrected chi connectivity index (χ3v) is 4.44. The number of rotatable bonds is 9. The molecule has 0 aliphatic carbocycles. The number of hydrogen-bond acceptors (Lipinski definition) is 7. The van der Waals surface area contributed by atoms with E-state index in [9.17, 15) is 9.59 Å². The zero-order valence-corrected chi connectivity index (χ0v) is 17.4. The first-order valence-corrected chi connectivity index (χ1v) is 9.79. The zero-order chi connectivity index (χ0) is 21.2. The quantitative estimate of drug-likeness (QED) is 0.303. The van der Waals surface area contributed by atoms with Gasteiger partial charge in [-0.1, -0.05) is 50.5 Å². The number of benzene rings is 2. The molecule has 2 rings (SSSR count). The molecule has 0 heterocycles. The van der Waals surface area contributed by atoms with Crippen molar-refractivity contribution >= 4 is 23.1 Å². The van der Waals surface area contributed by atoms with Gasteiger partial charge in [0.25, 0.3) is 0 Å². The second-order valence-electron chi connectivity index (χ2n) is 6.37. The molecule has 0 N–H and O–H groups in total. The Bertz CT molecular complexity index is 845. The largest absolute Gasteiger partial charge is 0.513 e. The predicted molar refractivity (Wildman–Crippen MR) is 109 cm³/mol. The molecule has 0 aromatic heterocycles. The smallest absolute Gasteiger partial charge is 0.489 e. The molecule has 0 aliphatic heterocycles. The Morgan fingerprint density at radius 3 is 1.93 bits per heavy atom. The van der Waals surface area contributed by atoms with Crippen molar-refractivity contribution in [1.29, 1.82) is 0 Å². The summed E-state index contributed by atoms with van der Waals surface area (Å²) in [6.07, 6.45) is 2.98. The molecule has 0 saturated carbocycles. The molecule has 0 unspecified atom stereocenters. The summed E-state index contributed by atoms with van der Waals surface area (Å²) in [6, 6.07) is 7.17. The van der Waals surface area contributed by atoms with Gasteiger partial charge in [-0.2, -0.15) is 0 Å². The van der Waals surface area contributed by atoms with E-state index in [0.717, 1.165) is 25.7 Å². The van der Waals surface area contributed by atoms with Crippen LogP contribution in [0.5, 0.6) is 17.2 Å². The fraction of sp³-hybridized carbons (Fsp3) is 0.455. The van der Waals surface area contributed by atoms with Crippen LogP contribution in [0.2, 0.25) is 0 Å². The highest BCUT2D eigenvalue weighted by atomic mass is 16.7. The molecular formula is C22H28O7. The van der Waals surface area contributed by atoms with Gasteiger partial charge >= 0.3 is 12.3 Å². The molecular weight excluding hydrogens is 376 g/mol. The maximum absolute atomic E-state index is 11.9. The molecule has 158 valence electrons. The third-order valence-electron chi connectivity index (χ3n) is 4.44. The molecule has 2 aromatic rings. The van der Waals surface area contributed by atoms with E-state index in [0.29, 0.717) is 40.9 Å². The van der Waals surface area contributed by atoms with E-state index in [1.807, 2.05) is 13.0 Å². The number of methoxy groups -OCH3 is 2. The van der Waals surface area contributed by atoms with E-state index in [4.69, 9.17) is 18.9 Å². The summed E-state index contributed by atoms with van der Waals surface area (Å²) in [5.74, 6) is 0.966. The lowest BCUT2D eigenvalue weighted by molar-refractivity contribution is 0.118. The maximum Gasteiger partial charge on any atom is 0.513 e. The summed E-state index contributed by atoms with van der Waals surface area (Å²) >= 11 is 0. The van der Waals surface area contributed by atoms with Crippen molar-refractivity contribution in [3.63, 3.8) is 0 Å². The first-order chi connectivity index (χ1) is 14.1. The predicted octanol–water partition coefficient (Wildman–Crippen LogP) is 5.65. The molecule has 0 radical (unpaired) electrons. The zero-order valence-electron chi connectivity index (χ0n) is 17.4. The van der Waals surface area contributed by atoms with E-state index in [1.54, 1.807) is 18.2 Å². The lowest BCUT2D eigenvalue weighted by Gasteiger charge is -2.20. The maximum atomic E-state index is 11.9. The van der Waals surface area contributed by atoms with Gasteiger partial charge in [-0.25, -0.2) is 9.59 Å². The summed E-state index contributed by atoms with van der Waals surface area (Å²) in [7, 11) is 2.49. The lowest BCUT2D eigenvalue weighted by Crippen LogP contribution is -2.13. The molecule has 0 spiro atoms. The van der Waals surface area contributed by atoms with Gasteiger partial charge in [0.2, 0.25) is 0 Å². The van der Waals surface area contributed by atoms with E-state index in [2.05, 4.69) is 11.7 Å². The van der Waals surface area contributed by atoms with Crippen LogP contribution in [-0.2, 0) is 15.9 Å². The molecule has 0 amide bonds. The number of unbranched alkanes of at least 4 members (excludes halogenated alkanes) is 3. The average molecular weight is 404 g/mol. The fourth-order valence-electron chi connectivity index (χ4n) is 3.12. The second kappa shape index (κ2) is 11.1. The molecule has 0 fully saturated rings. The number of hydrogen-bond donors (Lipinski definition) is 0. The third kappa shape index (κ3) is 5.53. The molecule has 2 aromatic carbocycles. The average Bonchev–Trinajstić information content (AvgIpc) is 2.74. The highest BCUT2D eigenvalue weighted by Crippen LogP contribution is 2.47. The molecule has 0 bridgehead atoms. The normalized spacial score (nSPS) is 10.5. The summed E-state index contributed by atoms with van der Waals surface area (Å²) in [5.41, 5.74) is 0.658. The molecule has 0 aliphatic rings. The number of carbonyl (C=O) groups is 2. The Morgan fingerprint density at radius 1 is 0.793 bits per heavy atom. The molecule has 7 nitrogen and oxygen atoms in total. The van der Waals surface area contributed by atoms with Crippen molar-refractivity contribution in [1.82, 2.24) is 0 Å². The number of fused-ring (bicyclic) bond motifs is 1. The van der Waals surface area contributed by atoms with Crippen LogP contribution >= 0.6 is 0 Å². The van der Waals surface area contributed by atoms with Gasteiger partial charge < -0.3 is 23.7 Å². The van der Waals surface area contributed by atoms with Gasteiger partial charge in [0, 0.05) is 16.3 Å². The van der Waals surface area contributed by atoms with Gasteiger partial charge in [-0.05, 0) is 19.8 Å². The van der Waals surface area contributed by atoms with Crippen molar-refractivity contribution < 1.29 is 33.3 Å². The molecule has 7 heteroatoms. The highest BCUT2D eigenvalue weighted by molar-refractivity contribution is 5.99. The summed E-state index contributed by atoms with van der Waals surface area (Å²) in [4.78, 5) is 23.8. The molecule has 0 saturated heterocycles. The van der Waals surface area contributed by atoms with Crippen molar-refractivity contribution in [2.24, 2.45) is 0 Å². The Balaban J connectivity index is 2.71. The van der Waals surface area contributed by atoms with Gasteiger partial charge in [0.1, 0.15) is 5.75 Å². The van der Waals surface area contributed by atoms with Gasteiger partial charge in [-0.15, -0.1) is 0 Å². The van der Waals surface area contributed by atoms with Crippen molar-refractivity contribution in [3.05, 3.63) is 29.8 Å². The number of ether oxygens (including phenoxy) is 5. The van der Waals surface area contributed by atoms with Crippen LogP contribution in [0, 0.1) is 0 Å². The molecule has 0 atom stereocenters. The van der Waals surface area contributed by atoms with E-state index < -0.39 is 12.3 Å². The van der Waals surface area contributed by atoms with Crippen molar-refractivity contribution in [2.75, 3.05) is 20.8 Å². The molecule has 29 heavy (non-hydrogen) atoms. The van der Waals surface area contributed by atoms with Crippen LogP contribution in [0.15, 0.2) is 24.3 Å². The Morgan fingerprint density at radius 2 is 1.38 bits per heavy atom. The SMILES string of the molecule is CCCCCCc1c(OCC)c(OC(=O)OC)c2ccccc2c1OC(=O)OC. The van der Waals surface area contributed by atoms with Crippen LogP contribution in [0.1, 0.15) is 45.1 Å². The number of carbonyl (C=O) groups excluding carboxylic acids is 2. The summed E-state index contributed by atoms with van der Waals surface area (Å²) < 4.78 is 26.2. The van der Waals surface area contributed by atoms with Gasteiger partial charge in [0.05, 0.1) is 20.8 Å². The minimum atomic E-state index is -0.852. The van der Waals surface area contributed by atoms with E-state index >= 15 is 0 Å². The topological polar surface area (TPSA) is 80.3 Å². The van der Waals surface area contributed by atoms with Crippen molar-refractivity contribution in [3.8, 4) is 17.2 Å². The van der Waals surface area contributed by atoms with Crippen LogP contribution < -0.4 is 14.2 Å². The Labute approximate surface area is 170 Å². The van der Waals surface area contributed by atoms with E-state index in [-0.39, 0.29) is 5.75 Å². The Hall–Kier alpha value is -2.96. The van der Waals surface area contributed by atoms with Gasteiger partial charge in [-0.3, -0.25) is 0 Å². The summed E-state index contributed by atoms with van der Waals surface area (Å²) in [5, 5.41) is 1.18. The van der Waals surface area contributed by atoms with Crippen molar-refractivity contribution in [2.45, 2.75) is 46.0 Å². The Kier molecular flexibility index (Phi) is 8.58. The lowest BCUT2D eigenvalue weighted by atomic mass is 9.98. The minimum Gasteiger partial charge on any atom is -0.489 e. The summed E-state index contributed by atoms with van der Waals surface area (Å²) in [6.45, 7) is 4.31. The van der Waals surface area contributed by atoms with Crippen LogP contribution in [0.3, 0.4) is 0 Å². The van der Waals surface area contributed by atoms with Crippen LogP contribution in [0.4, 0.5) is 9.59 Å². The standard InChI is InChI=1S/C22H28O7/c1-5-7-8-9-14-17-18(28-21(23)25-3)15-12-10-11-13-16(15)20(19(17)27-6-2)29-22(24)26-4/h10-13H,5-9,14H2,1-4H3. The second-order valence-corrected chi connectivity index (χ2v) is 6.37. The minimum absolute atomic E-state index is 0.247. The van der Waals surface area contributed by atoms with Crippen LogP contribution in [-0.4, -0.2) is 33.1 Å². The van der Waals surface area contributed by atoms with E-state index in [1.165, 1.54) is 14.2 Å². The van der Waals surface area contributed by atoms with Gasteiger partial charge in [0.15, 0.2) is 11.5 Å². The first-order valence-electron chi connectivity index (χ1n) is 9.79. The fourth-order valence-corrected chi connectivity index (χ4v) is 3.12. The highest BCUT2D eigenvalue weighted by Gasteiger charge is 2.26. The first kappa shape index (κ1) is 22.3. The van der Waals surface area contributed by atoms with Crippen LogP contribution in [0.25, 0.3) is 10.8 Å².